The van der Waals surface area contributed by atoms with Crippen molar-refractivity contribution in [1.29, 1.82) is 0 Å². The second kappa shape index (κ2) is 11.7. The molecule has 0 aliphatic rings. The maximum atomic E-state index is 13.6. The molecule has 6 nitrogen and oxygen atoms in total. The molecule has 3 rings (SSSR count). The molecule has 0 bridgehead atoms. The standard InChI is InChI=1S/C24H27BrClN3O3S/c1-28(2)16-17-29(33(30,31)22-13-9-20(26)10-14-22)24-6-4-3-5-23(24)27-15-18-32-21-11-7-19(25)8-12-21/h3-14,27H,15-18H2,1-2H3. The van der Waals surface area contributed by atoms with E-state index in [4.69, 9.17) is 16.3 Å². The molecule has 0 radical (unpaired) electrons. The predicted octanol–water partition coefficient (Wildman–Crippen LogP) is 5.35. The van der Waals surface area contributed by atoms with Crippen LogP contribution < -0.4 is 14.4 Å². The van der Waals surface area contributed by atoms with Gasteiger partial charge >= 0.3 is 0 Å². The summed E-state index contributed by atoms with van der Waals surface area (Å²) in [6.45, 7) is 1.80. The number of halogens is 2. The van der Waals surface area contributed by atoms with Crippen LogP contribution in [-0.2, 0) is 10.0 Å². The number of hydrogen-bond acceptors (Lipinski definition) is 5. The van der Waals surface area contributed by atoms with Crippen LogP contribution in [0.15, 0.2) is 82.2 Å². The van der Waals surface area contributed by atoms with Gasteiger partial charge in [-0.1, -0.05) is 39.7 Å². The van der Waals surface area contributed by atoms with Crippen LogP contribution in [-0.4, -0.2) is 53.7 Å². The molecule has 33 heavy (non-hydrogen) atoms. The fourth-order valence-electron chi connectivity index (χ4n) is 3.12. The molecule has 0 amide bonds. The molecule has 3 aromatic carbocycles. The van der Waals surface area contributed by atoms with Gasteiger partial charge in [0.05, 0.1) is 16.3 Å². The third-order valence-electron chi connectivity index (χ3n) is 4.82. The molecule has 0 fully saturated rings. The Morgan fingerprint density at radius 3 is 2.27 bits per heavy atom. The van der Waals surface area contributed by atoms with Gasteiger partial charge in [-0.05, 0) is 74.8 Å². The summed E-state index contributed by atoms with van der Waals surface area (Å²) >= 11 is 9.38. The second-order valence-corrected chi connectivity index (χ2v) is 10.8. The largest absolute Gasteiger partial charge is 0.492 e. The zero-order valence-electron chi connectivity index (χ0n) is 18.5. The average molecular weight is 553 g/mol. The van der Waals surface area contributed by atoms with Crippen LogP contribution >= 0.6 is 27.5 Å². The van der Waals surface area contributed by atoms with E-state index in [1.54, 1.807) is 18.2 Å². The van der Waals surface area contributed by atoms with Gasteiger partial charge in [0.15, 0.2) is 0 Å². The highest BCUT2D eigenvalue weighted by molar-refractivity contribution is 9.10. The monoisotopic (exact) mass is 551 g/mol. The molecule has 0 aliphatic heterocycles. The van der Waals surface area contributed by atoms with E-state index in [0.29, 0.717) is 42.6 Å². The molecule has 0 atom stereocenters. The van der Waals surface area contributed by atoms with E-state index in [0.717, 1.165) is 10.2 Å². The van der Waals surface area contributed by atoms with Crippen molar-refractivity contribution < 1.29 is 13.2 Å². The second-order valence-electron chi connectivity index (χ2n) is 7.58. The average Bonchev–Trinajstić information content (AvgIpc) is 2.79. The zero-order valence-corrected chi connectivity index (χ0v) is 21.7. The van der Waals surface area contributed by atoms with E-state index in [2.05, 4.69) is 21.2 Å². The van der Waals surface area contributed by atoms with Crippen LogP contribution in [0.4, 0.5) is 11.4 Å². The minimum absolute atomic E-state index is 0.194. The van der Waals surface area contributed by atoms with Gasteiger partial charge in [0.2, 0.25) is 0 Å². The number of rotatable bonds is 11. The summed E-state index contributed by atoms with van der Waals surface area (Å²) in [4.78, 5) is 2.14. The quantitative estimate of drug-likeness (QED) is 0.325. The third-order valence-corrected chi connectivity index (χ3v) is 7.43. The van der Waals surface area contributed by atoms with E-state index in [1.165, 1.54) is 16.4 Å². The Hall–Kier alpha value is -2.26. The van der Waals surface area contributed by atoms with Crippen LogP contribution in [0.1, 0.15) is 0 Å². The predicted molar refractivity (Wildman–Crippen MR) is 139 cm³/mol. The highest BCUT2D eigenvalue weighted by atomic mass is 79.9. The number of sulfonamides is 1. The van der Waals surface area contributed by atoms with E-state index in [-0.39, 0.29) is 4.90 Å². The summed E-state index contributed by atoms with van der Waals surface area (Å²) in [6.07, 6.45) is 0. The van der Waals surface area contributed by atoms with Crippen molar-refractivity contribution in [2.24, 2.45) is 0 Å². The molecule has 3 aromatic rings. The molecular formula is C24H27BrClN3O3S. The fraction of sp³-hybridized carbons (Fsp3) is 0.250. The summed E-state index contributed by atoms with van der Waals surface area (Å²) in [5, 5.41) is 3.81. The van der Waals surface area contributed by atoms with Crippen molar-refractivity contribution in [3.05, 3.63) is 82.3 Å². The Morgan fingerprint density at radius 1 is 0.939 bits per heavy atom. The lowest BCUT2D eigenvalue weighted by atomic mass is 10.2. The van der Waals surface area contributed by atoms with E-state index in [9.17, 15) is 8.42 Å². The van der Waals surface area contributed by atoms with Crippen LogP contribution in [0.2, 0.25) is 5.02 Å². The Bertz CT molecular complexity index is 1140. The fourth-order valence-corrected chi connectivity index (χ4v) is 4.99. The zero-order chi connectivity index (χ0) is 23.8. The van der Waals surface area contributed by atoms with Gasteiger partial charge in [0.1, 0.15) is 12.4 Å². The first-order valence-electron chi connectivity index (χ1n) is 10.4. The number of benzene rings is 3. The smallest absolute Gasteiger partial charge is 0.264 e. The number of ether oxygens (including phenoxy) is 1. The number of para-hydroxylation sites is 2. The van der Waals surface area contributed by atoms with Gasteiger partial charge in [-0.3, -0.25) is 4.31 Å². The summed E-state index contributed by atoms with van der Waals surface area (Å²) < 4.78 is 35.3. The summed E-state index contributed by atoms with van der Waals surface area (Å²) in [5.74, 6) is 0.770. The SMILES string of the molecule is CN(C)CCN(c1ccccc1NCCOc1ccc(Br)cc1)S(=O)(=O)c1ccc(Cl)cc1. The van der Waals surface area contributed by atoms with E-state index < -0.39 is 10.0 Å². The minimum atomic E-state index is -3.79. The summed E-state index contributed by atoms with van der Waals surface area (Å²) in [7, 11) is 0.0324. The Labute approximate surface area is 209 Å². The van der Waals surface area contributed by atoms with Crippen LogP contribution in [0.3, 0.4) is 0 Å². The van der Waals surface area contributed by atoms with Crippen LogP contribution in [0.25, 0.3) is 0 Å². The molecule has 9 heteroatoms. The summed E-state index contributed by atoms with van der Waals surface area (Å²) in [5.41, 5.74) is 1.30. The van der Waals surface area contributed by atoms with Gasteiger partial charge in [0, 0.05) is 29.1 Å². The van der Waals surface area contributed by atoms with Gasteiger partial charge in [-0.25, -0.2) is 8.42 Å². The van der Waals surface area contributed by atoms with E-state index in [1.807, 2.05) is 61.5 Å². The first-order chi connectivity index (χ1) is 15.8. The lowest BCUT2D eigenvalue weighted by Gasteiger charge is -2.28. The molecule has 1 N–H and O–H groups in total. The Balaban J connectivity index is 1.80. The maximum Gasteiger partial charge on any atom is 0.264 e. The Kier molecular flexibility index (Phi) is 9.02. The molecule has 0 aromatic heterocycles. The van der Waals surface area contributed by atoms with Crippen molar-refractivity contribution in [2.45, 2.75) is 4.90 Å². The van der Waals surface area contributed by atoms with Crippen LogP contribution in [0.5, 0.6) is 5.75 Å². The molecule has 0 unspecified atom stereocenters. The Morgan fingerprint density at radius 2 is 1.61 bits per heavy atom. The van der Waals surface area contributed by atoms with Gasteiger partial charge in [0.25, 0.3) is 10.0 Å². The highest BCUT2D eigenvalue weighted by Gasteiger charge is 2.26. The highest BCUT2D eigenvalue weighted by Crippen LogP contribution is 2.31. The molecule has 0 spiro atoms. The minimum Gasteiger partial charge on any atom is -0.492 e. The van der Waals surface area contributed by atoms with Crippen molar-refractivity contribution in [1.82, 2.24) is 4.90 Å². The number of anilines is 2. The van der Waals surface area contributed by atoms with Gasteiger partial charge < -0.3 is 15.0 Å². The molecule has 0 saturated heterocycles. The lowest BCUT2D eigenvalue weighted by molar-refractivity contribution is 0.333. The molecule has 0 saturated carbocycles. The summed E-state index contributed by atoms with van der Waals surface area (Å²) in [6, 6.07) is 21.2. The third kappa shape index (κ3) is 7.11. The molecule has 176 valence electrons. The molecule has 0 aliphatic carbocycles. The molecule has 0 heterocycles. The maximum absolute atomic E-state index is 13.6. The van der Waals surface area contributed by atoms with Gasteiger partial charge in [-0.15, -0.1) is 0 Å². The van der Waals surface area contributed by atoms with Gasteiger partial charge in [-0.2, -0.15) is 0 Å². The van der Waals surface area contributed by atoms with Crippen LogP contribution in [0, 0.1) is 0 Å². The van der Waals surface area contributed by atoms with Crippen molar-refractivity contribution >= 4 is 48.9 Å². The number of hydrogen-bond donors (Lipinski definition) is 1. The van der Waals surface area contributed by atoms with Crippen molar-refractivity contribution in [2.75, 3.05) is 50.0 Å². The normalized spacial score (nSPS) is 11.4. The number of nitrogens with zero attached hydrogens (tertiary/aromatic N) is 2. The number of likely N-dealkylation sites (N-methyl/N-ethyl adjacent to an activating group) is 1. The number of nitrogens with one attached hydrogen (secondary N) is 1. The first kappa shape index (κ1) is 25.4. The first-order valence-corrected chi connectivity index (χ1v) is 13.0. The van der Waals surface area contributed by atoms with E-state index >= 15 is 0 Å². The lowest BCUT2D eigenvalue weighted by Crippen LogP contribution is -2.37. The van der Waals surface area contributed by atoms with Crippen molar-refractivity contribution in [3.63, 3.8) is 0 Å². The topological polar surface area (TPSA) is 61.9 Å². The van der Waals surface area contributed by atoms with Crippen molar-refractivity contribution in [3.8, 4) is 5.75 Å². The molecular weight excluding hydrogens is 526 g/mol.